The maximum absolute atomic E-state index is 12.2. The lowest BCUT2D eigenvalue weighted by Crippen LogP contribution is -2.22. The highest BCUT2D eigenvalue weighted by Gasteiger charge is 2.08. The van der Waals surface area contributed by atoms with Crippen molar-refractivity contribution in [1.29, 1.82) is 5.26 Å². The number of nitriles is 1. The van der Waals surface area contributed by atoms with Gasteiger partial charge in [0, 0.05) is 11.4 Å². The largest absolute Gasteiger partial charge is 0.280 e. The molecule has 1 heterocycles. The molecule has 1 aromatic heterocycles. The summed E-state index contributed by atoms with van der Waals surface area (Å²) in [6, 6.07) is 13.2. The van der Waals surface area contributed by atoms with Crippen LogP contribution in [0.2, 0.25) is 0 Å². The molecule has 0 N–H and O–H groups in total. The highest BCUT2D eigenvalue weighted by molar-refractivity contribution is 5.40. The summed E-state index contributed by atoms with van der Waals surface area (Å²) >= 11 is 0. The van der Waals surface area contributed by atoms with E-state index in [0.717, 1.165) is 11.4 Å². The Labute approximate surface area is 112 Å². The van der Waals surface area contributed by atoms with E-state index in [1.54, 1.807) is 16.7 Å². The normalized spacial score (nSPS) is 10.5. The highest BCUT2D eigenvalue weighted by atomic mass is 16.1. The van der Waals surface area contributed by atoms with Crippen LogP contribution in [-0.2, 0) is 0 Å². The molecular weight excluding hydrogens is 236 g/mol. The standard InChI is InChI=1S/C16H16N2O/c1-11(2)13-6-8-15(9-7-13)18-12(3)4-5-14(10-17)16(18)19/h4-9,11H,1-3H3. The predicted octanol–water partition coefficient (Wildman–Crippen LogP) is 3.14. The average molecular weight is 252 g/mol. The van der Waals surface area contributed by atoms with Crippen LogP contribution in [-0.4, -0.2) is 4.57 Å². The summed E-state index contributed by atoms with van der Waals surface area (Å²) in [4.78, 5) is 12.2. The van der Waals surface area contributed by atoms with Crippen molar-refractivity contribution in [2.75, 3.05) is 0 Å². The zero-order chi connectivity index (χ0) is 14.0. The lowest BCUT2D eigenvalue weighted by Gasteiger charge is -2.12. The van der Waals surface area contributed by atoms with E-state index in [-0.39, 0.29) is 11.1 Å². The van der Waals surface area contributed by atoms with Crippen molar-refractivity contribution in [3.05, 3.63) is 63.6 Å². The van der Waals surface area contributed by atoms with E-state index in [1.807, 2.05) is 37.3 Å². The Bertz CT molecular complexity index is 688. The summed E-state index contributed by atoms with van der Waals surface area (Å²) in [6.07, 6.45) is 0. The number of rotatable bonds is 2. The number of nitrogens with zero attached hydrogens (tertiary/aromatic N) is 2. The summed E-state index contributed by atoms with van der Waals surface area (Å²) in [7, 11) is 0. The summed E-state index contributed by atoms with van der Waals surface area (Å²) in [6.45, 7) is 6.12. The molecule has 96 valence electrons. The van der Waals surface area contributed by atoms with Crippen molar-refractivity contribution >= 4 is 0 Å². The molecule has 0 fully saturated rings. The van der Waals surface area contributed by atoms with E-state index in [2.05, 4.69) is 13.8 Å². The Morgan fingerprint density at radius 2 is 1.74 bits per heavy atom. The Morgan fingerprint density at radius 3 is 2.26 bits per heavy atom. The lowest BCUT2D eigenvalue weighted by molar-refractivity contribution is 0.862. The van der Waals surface area contributed by atoms with E-state index < -0.39 is 0 Å². The molecule has 0 aliphatic carbocycles. The average Bonchev–Trinajstić information content (AvgIpc) is 2.39. The van der Waals surface area contributed by atoms with Crippen LogP contribution >= 0.6 is 0 Å². The monoisotopic (exact) mass is 252 g/mol. The number of aromatic nitrogens is 1. The highest BCUT2D eigenvalue weighted by Crippen LogP contribution is 2.17. The molecule has 0 amide bonds. The van der Waals surface area contributed by atoms with Gasteiger partial charge in [-0.05, 0) is 42.7 Å². The third kappa shape index (κ3) is 2.43. The van der Waals surface area contributed by atoms with Gasteiger partial charge in [0.25, 0.3) is 5.56 Å². The van der Waals surface area contributed by atoms with E-state index in [9.17, 15) is 4.79 Å². The van der Waals surface area contributed by atoms with Crippen molar-refractivity contribution in [2.45, 2.75) is 26.7 Å². The fourth-order valence-electron chi connectivity index (χ4n) is 2.04. The van der Waals surface area contributed by atoms with Crippen molar-refractivity contribution in [3.63, 3.8) is 0 Å². The van der Waals surface area contributed by atoms with Gasteiger partial charge in [0.15, 0.2) is 0 Å². The molecule has 0 saturated carbocycles. The fraction of sp³-hybridized carbons (Fsp3) is 0.250. The first-order valence-electron chi connectivity index (χ1n) is 6.27. The van der Waals surface area contributed by atoms with Crippen LogP contribution in [0.3, 0.4) is 0 Å². The smallest absolute Gasteiger partial charge is 0.273 e. The van der Waals surface area contributed by atoms with E-state index >= 15 is 0 Å². The fourth-order valence-corrected chi connectivity index (χ4v) is 2.04. The predicted molar refractivity (Wildman–Crippen MR) is 75.6 cm³/mol. The quantitative estimate of drug-likeness (QED) is 0.824. The Morgan fingerprint density at radius 1 is 1.11 bits per heavy atom. The number of aryl methyl sites for hydroxylation is 1. The lowest BCUT2D eigenvalue weighted by atomic mass is 10.0. The number of benzene rings is 1. The molecule has 0 spiro atoms. The van der Waals surface area contributed by atoms with Gasteiger partial charge in [-0.2, -0.15) is 5.26 Å². The minimum atomic E-state index is -0.264. The van der Waals surface area contributed by atoms with E-state index in [0.29, 0.717) is 5.92 Å². The van der Waals surface area contributed by atoms with Crippen LogP contribution in [0.15, 0.2) is 41.2 Å². The van der Waals surface area contributed by atoms with Crippen LogP contribution < -0.4 is 5.56 Å². The van der Waals surface area contributed by atoms with Crippen LogP contribution in [0.5, 0.6) is 0 Å². The molecule has 0 aliphatic heterocycles. The molecule has 0 aliphatic rings. The van der Waals surface area contributed by atoms with Gasteiger partial charge in [-0.3, -0.25) is 9.36 Å². The molecular formula is C16H16N2O. The maximum atomic E-state index is 12.2. The second kappa shape index (κ2) is 5.11. The van der Waals surface area contributed by atoms with Crippen LogP contribution in [0, 0.1) is 18.3 Å². The molecule has 0 saturated heterocycles. The Kier molecular flexibility index (Phi) is 3.52. The summed E-state index contributed by atoms with van der Waals surface area (Å²) < 4.78 is 1.57. The summed E-state index contributed by atoms with van der Waals surface area (Å²) in [5.74, 6) is 0.456. The van der Waals surface area contributed by atoms with Gasteiger partial charge in [-0.15, -0.1) is 0 Å². The molecule has 0 radical (unpaired) electrons. The zero-order valence-corrected chi connectivity index (χ0v) is 11.3. The van der Waals surface area contributed by atoms with Gasteiger partial charge in [0.05, 0.1) is 0 Å². The Hall–Kier alpha value is -2.34. The molecule has 3 heteroatoms. The molecule has 19 heavy (non-hydrogen) atoms. The molecule has 0 bridgehead atoms. The minimum Gasteiger partial charge on any atom is -0.280 e. The SMILES string of the molecule is Cc1ccc(C#N)c(=O)n1-c1ccc(C(C)C)cc1. The first kappa shape index (κ1) is 13.1. The van der Waals surface area contributed by atoms with Crippen molar-refractivity contribution < 1.29 is 0 Å². The molecule has 3 nitrogen and oxygen atoms in total. The summed E-state index contributed by atoms with van der Waals surface area (Å²) in [5, 5.41) is 8.93. The van der Waals surface area contributed by atoms with Crippen molar-refractivity contribution in [3.8, 4) is 11.8 Å². The second-order valence-corrected chi connectivity index (χ2v) is 4.89. The Balaban J connectivity index is 2.59. The third-order valence-corrected chi connectivity index (χ3v) is 3.22. The molecule has 0 unspecified atom stereocenters. The van der Waals surface area contributed by atoms with Gasteiger partial charge in [0.1, 0.15) is 11.6 Å². The minimum absolute atomic E-state index is 0.165. The first-order valence-corrected chi connectivity index (χ1v) is 6.27. The maximum Gasteiger partial charge on any atom is 0.273 e. The third-order valence-electron chi connectivity index (χ3n) is 3.22. The topological polar surface area (TPSA) is 45.8 Å². The van der Waals surface area contributed by atoms with Gasteiger partial charge < -0.3 is 0 Å². The van der Waals surface area contributed by atoms with Gasteiger partial charge in [0.2, 0.25) is 0 Å². The zero-order valence-electron chi connectivity index (χ0n) is 11.3. The van der Waals surface area contributed by atoms with Crippen LogP contribution in [0.1, 0.15) is 36.6 Å². The molecule has 2 rings (SSSR count). The van der Waals surface area contributed by atoms with E-state index in [4.69, 9.17) is 5.26 Å². The van der Waals surface area contributed by atoms with E-state index in [1.165, 1.54) is 5.56 Å². The molecule has 0 atom stereocenters. The number of hydrogen-bond acceptors (Lipinski definition) is 2. The number of hydrogen-bond donors (Lipinski definition) is 0. The second-order valence-electron chi connectivity index (χ2n) is 4.89. The van der Waals surface area contributed by atoms with Crippen LogP contribution in [0.25, 0.3) is 5.69 Å². The summed E-state index contributed by atoms with van der Waals surface area (Å²) in [5.41, 5.74) is 2.74. The first-order chi connectivity index (χ1) is 9.04. The van der Waals surface area contributed by atoms with Gasteiger partial charge >= 0.3 is 0 Å². The number of pyridine rings is 1. The van der Waals surface area contributed by atoms with Crippen LogP contribution in [0.4, 0.5) is 0 Å². The van der Waals surface area contributed by atoms with Gasteiger partial charge in [-0.25, -0.2) is 0 Å². The van der Waals surface area contributed by atoms with Gasteiger partial charge in [-0.1, -0.05) is 26.0 Å². The van der Waals surface area contributed by atoms with Crippen molar-refractivity contribution in [2.24, 2.45) is 0 Å². The molecule has 2 aromatic rings. The van der Waals surface area contributed by atoms with Crippen molar-refractivity contribution in [1.82, 2.24) is 4.57 Å². The molecule has 1 aromatic carbocycles.